The Kier molecular flexibility index (Phi) is 63.7. The van der Waals surface area contributed by atoms with Crippen LogP contribution in [-0.4, -0.2) is 37.2 Å². The van der Waals surface area contributed by atoms with Crippen LogP contribution in [0.2, 0.25) is 0 Å². The summed E-state index contributed by atoms with van der Waals surface area (Å²) in [5, 5.41) is 0. The number of unbranched alkanes of at least 4 members (excludes halogenated alkanes) is 39. The Labute approximate surface area is 484 Å². The van der Waals surface area contributed by atoms with E-state index in [2.05, 4.69) is 93.7 Å². The van der Waals surface area contributed by atoms with E-state index in [1.165, 1.54) is 205 Å². The second kappa shape index (κ2) is 66.4. The molecule has 0 amide bonds. The lowest BCUT2D eigenvalue weighted by molar-refractivity contribution is -0.167. The first-order chi connectivity index (χ1) is 38.5. The van der Waals surface area contributed by atoms with Gasteiger partial charge in [-0.3, -0.25) is 14.4 Å². The molecule has 0 fully saturated rings. The smallest absolute Gasteiger partial charge is 0.306 e. The van der Waals surface area contributed by atoms with Crippen LogP contribution in [0.1, 0.15) is 348 Å². The molecule has 6 heteroatoms. The van der Waals surface area contributed by atoms with Gasteiger partial charge in [-0.15, -0.1) is 0 Å². The number of carbonyl (C=O) groups excluding carboxylic acids is 3. The number of hydrogen-bond donors (Lipinski definition) is 0. The van der Waals surface area contributed by atoms with Gasteiger partial charge >= 0.3 is 17.9 Å². The third-order valence-corrected chi connectivity index (χ3v) is 14.9. The van der Waals surface area contributed by atoms with Crippen molar-refractivity contribution in [2.24, 2.45) is 0 Å². The third-order valence-electron chi connectivity index (χ3n) is 14.9. The lowest BCUT2D eigenvalue weighted by Crippen LogP contribution is -2.30. The fourth-order valence-electron chi connectivity index (χ4n) is 9.88. The Hall–Kier alpha value is -3.15. The molecule has 0 heterocycles. The second-order valence-corrected chi connectivity index (χ2v) is 22.7. The van der Waals surface area contributed by atoms with Gasteiger partial charge in [-0.1, -0.05) is 312 Å². The summed E-state index contributed by atoms with van der Waals surface area (Å²) in [7, 11) is 0. The molecule has 0 saturated heterocycles. The van der Waals surface area contributed by atoms with Crippen molar-refractivity contribution in [1.82, 2.24) is 0 Å². The van der Waals surface area contributed by atoms with E-state index in [0.717, 1.165) is 103 Å². The van der Waals surface area contributed by atoms with Crippen molar-refractivity contribution in [3.05, 3.63) is 72.9 Å². The van der Waals surface area contributed by atoms with Crippen molar-refractivity contribution in [2.75, 3.05) is 13.2 Å². The van der Waals surface area contributed by atoms with Crippen molar-refractivity contribution in [3.8, 4) is 0 Å². The first kappa shape index (κ1) is 74.8. The van der Waals surface area contributed by atoms with Gasteiger partial charge < -0.3 is 14.2 Å². The first-order valence-corrected chi connectivity index (χ1v) is 33.9. The number of ether oxygens (including phenoxy) is 3. The van der Waals surface area contributed by atoms with Gasteiger partial charge in [-0.2, -0.15) is 0 Å². The van der Waals surface area contributed by atoms with Crippen molar-refractivity contribution in [2.45, 2.75) is 354 Å². The topological polar surface area (TPSA) is 78.9 Å². The predicted octanol–water partition coefficient (Wildman–Crippen LogP) is 23.3. The van der Waals surface area contributed by atoms with Gasteiger partial charge in [0.25, 0.3) is 0 Å². The van der Waals surface area contributed by atoms with E-state index in [-0.39, 0.29) is 31.1 Å². The van der Waals surface area contributed by atoms with Crippen LogP contribution in [0.15, 0.2) is 72.9 Å². The zero-order valence-corrected chi connectivity index (χ0v) is 51.9. The molecule has 1 unspecified atom stereocenters. The van der Waals surface area contributed by atoms with Crippen LogP contribution in [0.25, 0.3) is 0 Å². The molecule has 0 aromatic heterocycles. The molecule has 0 aromatic carbocycles. The molecular weight excluding hydrogens is 961 g/mol. The average molecular weight is 1090 g/mol. The lowest BCUT2D eigenvalue weighted by atomic mass is 10.0. The van der Waals surface area contributed by atoms with Gasteiger partial charge in [0, 0.05) is 19.3 Å². The van der Waals surface area contributed by atoms with Crippen LogP contribution in [0.5, 0.6) is 0 Å². The zero-order chi connectivity index (χ0) is 56.4. The molecule has 6 nitrogen and oxygen atoms in total. The van der Waals surface area contributed by atoms with E-state index >= 15 is 0 Å². The van der Waals surface area contributed by atoms with Crippen molar-refractivity contribution >= 4 is 17.9 Å². The monoisotopic (exact) mass is 1090 g/mol. The Morgan fingerprint density at radius 1 is 0.269 bits per heavy atom. The number of esters is 3. The minimum Gasteiger partial charge on any atom is -0.462 e. The van der Waals surface area contributed by atoms with Crippen molar-refractivity contribution in [3.63, 3.8) is 0 Å². The minimum atomic E-state index is -0.779. The SMILES string of the molecule is CC/C=C\C/C=C\C/C=C\C/C=C\CCCCCCCCC(=O)OC(COC(=O)CCCCCCCC)COC(=O)CCCCCCCCCCCCCCCCCCCCCCCCC/C=C\C/C=C\CCCCCCC. The van der Waals surface area contributed by atoms with E-state index in [1.54, 1.807) is 0 Å². The highest BCUT2D eigenvalue weighted by atomic mass is 16.6. The summed E-state index contributed by atoms with van der Waals surface area (Å²) in [5.41, 5.74) is 0. The Morgan fingerprint density at radius 3 is 0.782 bits per heavy atom. The van der Waals surface area contributed by atoms with E-state index < -0.39 is 6.10 Å². The highest BCUT2D eigenvalue weighted by molar-refractivity contribution is 5.71. The molecule has 0 spiro atoms. The normalized spacial score (nSPS) is 12.5. The minimum absolute atomic E-state index is 0.0777. The number of hydrogen-bond acceptors (Lipinski definition) is 6. The van der Waals surface area contributed by atoms with Gasteiger partial charge in [0.15, 0.2) is 6.10 Å². The highest BCUT2D eigenvalue weighted by Gasteiger charge is 2.19. The maximum atomic E-state index is 12.8. The van der Waals surface area contributed by atoms with Crippen LogP contribution in [-0.2, 0) is 28.6 Å². The Morgan fingerprint density at radius 2 is 0.500 bits per heavy atom. The maximum absolute atomic E-state index is 12.8. The molecule has 0 bridgehead atoms. The predicted molar refractivity (Wildman–Crippen MR) is 339 cm³/mol. The quantitative estimate of drug-likeness (QED) is 0.0261. The van der Waals surface area contributed by atoms with Crippen LogP contribution in [0.3, 0.4) is 0 Å². The van der Waals surface area contributed by atoms with Crippen LogP contribution in [0.4, 0.5) is 0 Å². The first-order valence-electron chi connectivity index (χ1n) is 33.9. The maximum Gasteiger partial charge on any atom is 0.306 e. The standard InChI is InChI=1S/C72H128O6/c1-4-7-10-13-16-18-20-22-24-26-28-29-30-31-32-33-34-35-36-37-38-39-40-41-42-43-45-46-48-50-52-54-56-59-62-65-71(74)77-68-69(67-76-70(73)64-61-58-15-12-9-6-3)78-72(75)66-63-60-57-55-53-51-49-47-44-27-25-23-21-19-17-14-11-8-5-2/h8,11,17,19-20,22-23,25-26,28,44,47,69H,4-7,9-10,12-16,18,21,24,27,29-43,45-46,48-68H2,1-3H3/b11-8-,19-17-,22-20-,25-23-,28-26-,47-44-. The van der Waals surface area contributed by atoms with E-state index in [4.69, 9.17) is 14.2 Å². The van der Waals surface area contributed by atoms with Crippen LogP contribution < -0.4 is 0 Å². The molecule has 1 atom stereocenters. The molecule has 0 aliphatic carbocycles. The third kappa shape index (κ3) is 63.7. The van der Waals surface area contributed by atoms with Gasteiger partial charge in [0.1, 0.15) is 13.2 Å². The molecule has 0 saturated carbocycles. The molecule has 0 N–H and O–H groups in total. The highest BCUT2D eigenvalue weighted by Crippen LogP contribution is 2.18. The molecule has 0 radical (unpaired) electrons. The van der Waals surface area contributed by atoms with Gasteiger partial charge in [0.05, 0.1) is 0 Å². The summed E-state index contributed by atoms with van der Waals surface area (Å²) in [5.74, 6) is -0.887. The van der Waals surface area contributed by atoms with Crippen molar-refractivity contribution in [1.29, 1.82) is 0 Å². The number of rotatable bonds is 62. The molecule has 0 aliphatic rings. The fraction of sp³-hybridized carbons (Fsp3) is 0.792. The largest absolute Gasteiger partial charge is 0.462 e. The fourth-order valence-corrected chi connectivity index (χ4v) is 9.88. The lowest BCUT2D eigenvalue weighted by Gasteiger charge is -2.18. The van der Waals surface area contributed by atoms with Crippen LogP contribution in [0, 0.1) is 0 Å². The van der Waals surface area contributed by atoms with E-state index in [1.807, 2.05) is 0 Å². The summed E-state index contributed by atoms with van der Waals surface area (Å²) in [6.07, 6.45) is 86.9. The second-order valence-electron chi connectivity index (χ2n) is 22.7. The van der Waals surface area contributed by atoms with Gasteiger partial charge in [-0.25, -0.2) is 0 Å². The summed E-state index contributed by atoms with van der Waals surface area (Å²) in [4.78, 5) is 38.0. The van der Waals surface area contributed by atoms with E-state index in [0.29, 0.717) is 19.3 Å². The zero-order valence-electron chi connectivity index (χ0n) is 51.9. The summed E-state index contributed by atoms with van der Waals surface area (Å²) in [6.45, 7) is 6.48. The molecule has 0 rings (SSSR count). The van der Waals surface area contributed by atoms with Crippen LogP contribution >= 0.6 is 0 Å². The van der Waals surface area contributed by atoms with Crippen molar-refractivity contribution < 1.29 is 28.6 Å². The Balaban J connectivity index is 3.94. The van der Waals surface area contributed by atoms with E-state index in [9.17, 15) is 14.4 Å². The number of carbonyl (C=O) groups is 3. The van der Waals surface area contributed by atoms with Gasteiger partial charge in [0.2, 0.25) is 0 Å². The molecule has 78 heavy (non-hydrogen) atoms. The number of allylic oxidation sites excluding steroid dienone is 12. The molecular formula is C72H128O6. The molecule has 0 aliphatic heterocycles. The molecule has 0 aromatic rings. The summed E-state index contributed by atoms with van der Waals surface area (Å²) < 4.78 is 16.8. The average Bonchev–Trinajstić information content (AvgIpc) is 3.44. The van der Waals surface area contributed by atoms with Gasteiger partial charge in [-0.05, 0) is 89.9 Å². The summed E-state index contributed by atoms with van der Waals surface area (Å²) >= 11 is 0. The molecule has 452 valence electrons. The Bertz CT molecular complexity index is 1440. The summed E-state index contributed by atoms with van der Waals surface area (Å²) in [6, 6.07) is 0.